The molecule has 1 aliphatic heterocycles. The van der Waals surface area contributed by atoms with Crippen LogP contribution in [0.1, 0.15) is 42.5 Å². The van der Waals surface area contributed by atoms with Crippen molar-refractivity contribution in [2.75, 3.05) is 13.2 Å². The van der Waals surface area contributed by atoms with E-state index in [-0.39, 0.29) is 17.7 Å². The first kappa shape index (κ1) is 15.9. The summed E-state index contributed by atoms with van der Waals surface area (Å²) < 4.78 is 11.8. The number of carbonyl (C=O) groups is 1. The molecule has 3 rings (SSSR count). The predicted octanol–water partition coefficient (Wildman–Crippen LogP) is 2.40. The Kier molecular flexibility index (Phi) is 4.58. The van der Waals surface area contributed by atoms with Gasteiger partial charge in [-0.25, -0.2) is 0 Å². The highest BCUT2D eigenvalue weighted by Gasteiger charge is 2.42. The summed E-state index contributed by atoms with van der Waals surface area (Å²) in [7, 11) is 0. The fourth-order valence-corrected chi connectivity index (χ4v) is 3.11. The molecule has 1 spiro atoms. The van der Waals surface area contributed by atoms with Gasteiger partial charge < -0.3 is 14.8 Å². The number of hydrogen-bond acceptors (Lipinski definition) is 5. The molecule has 1 aromatic carbocycles. The second-order valence-corrected chi connectivity index (χ2v) is 6.04. The normalized spacial score (nSPS) is 22.9. The molecule has 1 heterocycles. The van der Waals surface area contributed by atoms with Gasteiger partial charge >= 0.3 is 0 Å². The molecule has 0 bridgehead atoms. The van der Waals surface area contributed by atoms with Crippen molar-refractivity contribution in [2.45, 2.75) is 44.0 Å². The molecule has 2 aliphatic rings. The van der Waals surface area contributed by atoms with Gasteiger partial charge in [0, 0.05) is 37.1 Å². The van der Waals surface area contributed by atoms with Crippen LogP contribution in [0.25, 0.3) is 0 Å². The van der Waals surface area contributed by atoms with Crippen LogP contribution in [0.4, 0.5) is 5.69 Å². The lowest BCUT2D eigenvalue weighted by molar-refractivity contribution is -0.384. The van der Waals surface area contributed by atoms with Crippen LogP contribution >= 0.6 is 0 Å². The Balaban J connectivity index is 1.50. The van der Waals surface area contributed by atoms with E-state index in [0.29, 0.717) is 18.7 Å². The molecule has 1 unspecified atom stereocenters. The zero-order valence-electron chi connectivity index (χ0n) is 12.8. The van der Waals surface area contributed by atoms with Crippen LogP contribution in [0.3, 0.4) is 0 Å². The summed E-state index contributed by atoms with van der Waals surface area (Å²) in [4.78, 5) is 22.2. The topological polar surface area (TPSA) is 90.7 Å². The van der Waals surface area contributed by atoms with Gasteiger partial charge in [-0.3, -0.25) is 14.9 Å². The highest BCUT2D eigenvalue weighted by atomic mass is 16.7. The van der Waals surface area contributed by atoms with Crippen molar-refractivity contribution in [3.05, 3.63) is 39.9 Å². The fourth-order valence-electron chi connectivity index (χ4n) is 3.11. The number of rotatable bonds is 4. The highest BCUT2D eigenvalue weighted by Crippen LogP contribution is 2.37. The molecule has 124 valence electrons. The minimum atomic E-state index is -0.491. The number of benzene rings is 1. The number of non-ortho nitro benzene ring substituents is 1. The molecule has 1 aromatic rings. The summed E-state index contributed by atoms with van der Waals surface area (Å²) in [5.41, 5.74) is 0.357. The Labute approximate surface area is 134 Å². The largest absolute Gasteiger partial charge is 0.349 e. The van der Waals surface area contributed by atoms with E-state index in [1.807, 2.05) is 0 Å². The number of amides is 1. The molecule has 1 saturated heterocycles. The Morgan fingerprint density at radius 1 is 1.26 bits per heavy atom. The number of ether oxygens (including phenoxy) is 2. The smallest absolute Gasteiger partial charge is 0.269 e. The number of nitro benzene ring substituents is 1. The first-order chi connectivity index (χ1) is 11.1. The number of nitrogens with one attached hydrogen (secondary N) is 1. The molecule has 0 radical (unpaired) electrons. The first-order valence-corrected chi connectivity index (χ1v) is 7.92. The first-order valence-electron chi connectivity index (χ1n) is 7.92. The quantitative estimate of drug-likeness (QED) is 0.679. The van der Waals surface area contributed by atoms with Gasteiger partial charge in [0.15, 0.2) is 5.79 Å². The van der Waals surface area contributed by atoms with Crippen LogP contribution < -0.4 is 5.32 Å². The lowest BCUT2D eigenvalue weighted by Gasteiger charge is -2.31. The van der Waals surface area contributed by atoms with E-state index >= 15 is 0 Å². The third-order valence-corrected chi connectivity index (χ3v) is 4.36. The van der Waals surface area contributed by atoms with Gasteiger partial charge in [0.2, 0.25) is 0 Å². The van der Waals surface area contributed by atoms with Crippen molar-refractivity contribution < 1.29 is 19.2 Å². The number of carbonyl (C=O) groups excluding carboxylic acids is 1. The maximum atomic E-state index is 12.1. The second kappa shape index (κ2) is 6.64. The van der Waals surface area contributed by atoms with Crippen molar-refractivity contribution in [1.82, 2.24) is 5.32 Å². The summed E-state index contributed by atoms with van der Waals surface area (Å²) in [5.74, 6) is -0.714. The molecule has 7 nitrogen and oxygen atoms in total. The van der Waals surface area contributed by atoms with Gasteiger partial charge in [-0.05, 0) is 25.0 Å². The SMILES string of the molecule is O=C(NCC1COC2(CCCCC2)O1)c1ccc([N+](=O)[O-])cc1. The Hall–Kier alpha value is -1.99. The molecule has 1 amide bonds. The van der Waals surface area contributed by atoms with Crippen LogP contribution in [0.2, 0.25) is 0 Å². The molecular weight excluding hydrogens is 300 g/mol. The van der Waals surface area contributed by atoms with E-state index in [0.717, 1.165) is 25.7 Å². The maximum Gasteiger partial charge on any atom is 0.269 e. The van der Waals surface area contributed by atoms with Crippen molar-refractivity contribution >= 4 is 11.6 Å². The standard InChI is InChI=1S/C16H20N2O5/c19-15(12-4-6-13(7-5-12)18(20)21)17-10-14-11-22-16(23-14)8-2-1-3-9-16/h4-7,14H,1-3,8-11H2,(H,17,19). The third-order valence-electron chi connectivity index (χ3n) is 4.36. The van der Waals surface area contributed by atoms with Crippen molar-refractivity contribution in [3.8, 4) is 0 Å². The summed E-state index contributed by atoms with van der Waals surface area (Å²) in [5, 5.41) is 13.4. The fraction of sp³-hybridized carbons (Fsp3) is 0.562. The summed E-state index contributed by atoms with van der Waals surface area (Å²) in [6.07, 6.45) is 5.13. The van der Waals surface area contributed by atoms with Crippen molar-refractivity contribution in [2.24, 2.45) is 0 Å². The molecule has 0 aromatic heterocycles. The Bertz CT molecular complexity index is 581. The van der Waals surface area contributed by atoms with Crippen molar-refractivity contribution in [3.63, 3.8) is 0 Å². The minimum absolute atomic E-state index is 0.0340. The van der Waals surface area contributed by atoms with Crippen LogP contribution in [0.15, 0.2) is 24.3 Å². The lowest BCUT2D eigenvalue weighted by Crippen LogP contribution is -2.37. The van der Waals surface area contributed by atoms with Crippen LogP contribution in [-0.2, 0) is 9.47 Å². The molecule has 1 N–H and O–H groups in total. The average molecular weight is 320 g/mol. The summed E-state index contributed by atoms with van der Waals surface area (Å²) >= 11 is 0. The Morgan fingerprint density at radius 3 is 2.61 bits per heavy atom. The highest BCUT2D eigenvalue weighted by molar-refractivity contribution is 5.94. The second-order valence-electron chi connectivity index (χ2n) is 6.04. The lowest BCUT2D eigenvalue weighted by atomic mass is 9.94. The molecule has 1 saturated carbocycles. The van der Waals surface area contributed by atoms with Crippen LogP contribution in [-0.4, -0.2) is 35.9 Å². The van der Waals surface area contributed by atoms with Crippen LogP contribution in [0, 0.1) is 10.1 Å². The van der Waals surface area contributed by atoms with E-state index in [2.05, 4.69) is 5.32 Å². The van der Waals surface area contributed by atoms with Gasteiger partial charge in [-0.15, -0.1) is 0 Å². The van der Waals surface area contributed by atoms with Gasteiger partial charge in [-0.2, -0.15) is 0 Å². The number of nitrogens with zero attached hydrogens (tertiary/aromatic N) is 1. The zero-order valence-corrected chi connectivity index (χ0v) is 12.8. The van der Waals surface area contributed by atoms with Gasteiger partial charge in [0.05, 0.1) is 11.5 Å². The molecule has 23 heavy (non-hydrogen) atoms. The average Bonchev–Trinajstić information content (AvgIpc) is 2.96. The molecular formula is C16H20N2O5. The molecule has 7 heteroatoms. The van der Waals surface area contributed by atoms with Crippen molar-refractivity contribution in [1.29, 1.82) is 0 Å². The predicted molar refractivity (Wildman–Crippen MR) is 82.1 cm³/mol. The van der Waals surface area contributed by atoms with Gasteiger partial charge in [0.25, 0.3) is 11.6 Å². The monoisotopic (exact) mass is 320 g/mol. The third kappa shape index (κ3) is 3.68. The van der Waals surface area contributed by atoms with E-state index in [1.54, 1.807) is 0 Å². The van der Waals surface area contributed by atoms with E-state index in [9.17, 15) is 14.9 Å². The van der Waals surface area contributed by atoms with Gasteiger partial charge in [0.1, 0.15) is 6.10 Å². The summed E-state index contributed by atoms with van der Waals surface area (Å²) in [6, 6.07) is 5.53. The Morgan fingerprint density at radius 2 is 1.96 bits per heavy atom. The number of nitro groups is 1. The maximum absolute atomic E-state index is 12.1. The molecule has 2 fully saturated rings. The van der Waals surface area contributed by atoms with Crippen LogP contribution in [0.5, 0.6) is 0 Å². The molecule has 1 aliphatic carbocycles. The van der Waals surface area contributed by atoms with Gasteiger partial charge in [-0.1, -0.05) is 6.42 Å². The molecule has 1 atom stereocenters. The number of hydrogen-bond donors (Lipinski definition) is 1. The summed E-state index contributed by atoms with van der Waals surface area (Å²) in [6.45, 7) is 0.859. The van der Waals surface area contributed by atoms with E-state index in [1.165, 1.54) is 30.7 Å². The van der Waals surface area contributed by atoms with E-state index < -0.39 is 10.7 Å². The minimum Gasteiger partial charge on any atom is -0.349 e. The van der Waals surface area contributed by atoms with E-state index in [4.69, 9.17) is 9.47 Å². The zero-order chi connectivity index (χ0) is 16.3.